The summed E-state index contributed by atoms with van der Waals surface area (Å²) in [5, 5.41) is 2.95. The van der Waals surface area contributed by atoms with Gasteiger partial charge in [0, 0.05) is 12.6 Å². The molecule has 26 heavy (non-hydrogen) atoms. The number of nitrogens with one attached hydrogen (secondary N) is 1. The second-order valence-corrected chi connectivity index (χ2v) is 7.47. The van der Waals surface area contributed by atoms with E-state index in [-0.39, 0.29) is 18.8 Å². The topological polar surface area (TPSA) is 68.2 Å². The minimum atomic E-state index is -3.56. The maximum atomic E-state index is 14.3. The van der Waals surface area contributed by atoms with E-state index in [2.05, 4.69) is 5.32 Å². The van der Waals surface area contributed by atoms with E-state index in [1.54, 1.807) is 24.3 Å². The van der Waals surface area contributed by atoms with Crippen LogP contribution < -0.4 is 13.9 Å². The third-order valence-corrected chi connectivity index (χ3v) is 5.83. The molecule has 0 aliphatic carbocycles. The number of ether oxygens (including phenoxy) is 1. The first-order valence-electron chi connectivity index (χ1n) is 8.09. The zero-order valence-electron chi connectivity index (χ0n) is 14.2. The van der Waals surface area contributed by atoms with Crippen molar-refractivity contribution >= 4 is 28.0 Å². The van der Waals surface area contributed by atoms with Gasteiger partial charge in [0.25, 0.3) is 0 Å². The monoisotopic (exact) mass is 385 g/mol. The van der Waals surface area contributed by atoms with Crippen molar-refractivity contribution in [3.63, 3.8) is 0 Å². The molecule has 0 bridgehead atoms. The summed E-state index contributed by atoms with van der Waals surface area (Å²) in [6, 6.07) is 9.86. The highest BCUT2D eigenvalue weighted by Gasteiger charge is 2.42. The van der Waals surface area contributed by atoms with Gasteiger partial charge in [-0.1, -0.05) is 12.1 Å². The predicted octanol–water partition coefficient (Wildman–Crippen LogP) is 3.74. The normalized spacial score (nSPS) is 16.7. The van der Waals surface area contributed by atoms with Crippen LogP contribution in [-0.2, 0) is 4.74 Å². The summed E-state index contributed by atoms with van der Waals surface area (Å²) in [6.07, 6.45) is 0. The maximum absolute atomic E-state index is 14.3. The minimum absolute atomic E-state index is 0.0996. The van der Waals surface area contributed by atoms with Gasteiger partial charge in [-0.15, -0.1) is 0 Å². The summed E-state index contributed by atoms with van der Waals surface area (Å²) in [5.74, 6) is -1.60. The van der Waals surface area contributed by atoms with Crippen LogP contribution in [0.25, 0.3) is 0 Å². The van der Waals surface area contributed by atoms with E-state index in [1.165, 1.54) is 10.4 Å². The fourth-order valence-corrected chi connectivity index (χ4v) is 4.55. The Morgan fingerprint density at radius 3 is 2.46 bits per heavy atom. The van der Waals surface area contributed by atoms with Gasteiger partial charge >= 0.3 is 0 Å². The van der Waals surface area contributed by atoms with Crippen molar-refractivity contribution in [3.8, 4) is 0 Å². The molecule has 9 heteroatoms. The van der Waals surface area contributed by atoms with Crippen molar-refractivity contribution in [2.45, 2.75) is 0 Å². The van der Waals surface area contributed by atoms with Gasteiger partial charge in [-0.05, 0) is 42.3 Å². The van der Waals surface area contributed by atoms with E-state index in [4.69, 9.17) is 4.74 Å². The third-order valence-electron chi connectivity index (χ3n) is 3.97. The number of likely N-dealkylation sites (N-methyl/N-ethyl adjacent to an activating group) is 1. The number of fused-ring (bicyclic) bond motifs is 1. The largest absolute Gasteiger partial charge is 0.378 e. The van der Waals surface area contributed by atoms with Crippen molar-refractivity contribution in [2.75, 3.05) is 42.0 Å². The van der Waals surface area contributed by atoms with Crippen LogP contribution >= 0.6 is 11.0 Å². The highest BCUT2D eigenvalue weighted by Crippen LogP contribution is 2.64. The zero-order chi connectivity index (χ0) is 18.7. The number of hydrogen-bond donors (Lipinski definition) is 3. The highest BCUT2D eigenvalue weighted by atomic mass is 32.3. The first kappa shape index (κ1) is 18.9. The van der Waals surface area contributed by atoms with E-state index in [9.17, 15) is 17.9 Å². The molecule has 1 aliphatic heterocycles. The van der Waals surface area contributed by atoms with Crippen LogP contribution in [0.3, 0.4) is 0 Å². The Morgan fingerprint density at radius 1 is 1.04 bits per heavy atom. The molecule has 2 aromatic rings. The molecule has 2 aromatic carbocycles. The average Bonchev–Trinajstić information content (AvgIpc) is 2.82. The number of benzene rings is 2. The van der Waals surface area contributed by atoms with E-state index in [0.717, 1.165) is 16.4 Å². The lowest BCUT2D eigenvalue weighted by atomic mass is 10.2. The molecule has 0 saturated heterocycles. The van der Waals surface area contributed by atoms with Crippen molar-refractivity contribution in [2.24, 2.45) is 0 Å². The number of halogens is 2. The molecule has 0 atom stereocenters. The lowest BCUT2D eigenvalue weighted by Gasteiger charge is -2.43. The fraction of sp³-hybridized carbons (Fsp3) is 0.294. The summed E-state index contributed by atoms with van der Waals surface area (Å²) >= 11 is 0. The van der Waals surface area contributed by atoms with Crippen LogP contribution in [0, 0.1) is 11.6 Å². The second-order valence-electron chi connectivity index (χ2n) is 5.69. The number of hydrogen-bond acceptors (Lipinski definition) is 6. The Balaban J connectivity index is 1.91. The Hall–Kier alpha value is -1.91. The number of rotatable bonds is 7. The Morgan fingerprint density at radius 2 is 1.77 bits per heavy atom. The molecule has 0 spiro atoms. The summed E-state index contributed by atoms with van der Waals surface area (Å²) < 4.78 is 57.3. The summed E-state index contributed by atoms with van der Waals surface area (Å²) in [6.45, 7) is 1.65. The van der Waals surface area contributed by atoms with Crippen LogP contribution in [-0.4, -0.2) is 42.5 Å². The molecule has 0 amide bonds. The Kier molecular flexibility index (Phi) is 5.64. The lowest BCUT2D eigenvalue weighted by Crippen LogP contribution is -2.34. The molecule has 142 valence electrons. The molecular formula is C17H21F2N3O3S. The summed E-state index contributed by atoms with van der Waals surface area (Å²) in [7, 11) is -1.75. The molecular weight excluding hydrogens is 364 g/mol. The maximum Gasteiger partial charge on any atom is 0.151 e. The number of anilines is 3. The van der Waals surface area contributed by atoms with Crippen molar-refractivity contribution in [1.29, 1.82) is 0 Å². The smallest absolute Gasteiger partial charge is 0.151 e. The van der Waals surface area contributed by atoms with Crippen LogP contribution in [0.15, 0.2) is 42.5 Å². The molecule has 0 radical (unpaired) electrons. The van der Waals surface area contributed by atoms with Gasteiger partial charge in [-0.2, -0.15) is 0 Å². The van der Waals surface area contributed by atoms with Crippen LogP contribution in [0.1, 0.15) is 0 Å². The molecule has 0 unspecified atom stereocenters. The van der Waals surface area contributed by atoms with Crippen molar-refractivity contribution < 1.29 is 22.6 Å². The third kappa shape index (κ3) is 3.49. The summed E-state index contributed by atoms with van der Waals surface area (Å²) in [5.41, 5.74) is 0.888. The average molecular weight is 385 g/mol. The molecule has 6 nitrogen and oxygen atoms in total. The van der Waals surface area contributed by atoms with Gasteiger partial charge in [0.2, 0.25) is 0 Å². The number of nitrogens with zero attached hydrogens (tertiary/aromatic N) is 2. The van der Waals surface area contributed by atoms with Crippen molar-refractivity contribution in [3.05, 3.63) is 54.1 Å². The lowest BCUT2D eigenvalue weighted by molar-refractivity contribution is 0.145. The molecule has 1 aliphatic rings. The molecule has 0 fully saturated rings. The molecule has 0 saturated carbocycles. The second kappa shape index (κ2) is 7.77. The van der Waals surface area contributed by atoms with E-state index in [1.807, 2.05) is 7.05 Å². The first-order chi connectivity index (χ1) is 12.5. The highest BCUT2D eigenvalue weighted by molar-refractivity contribution is 8.27. The minimum Gasteiger partial charge on any atom is -0.378 e. The number of para-hydroxylation sites is 2. The van der Waals surface area contributed by atoms with Gasteiger partial charge in [0.15, 0.2) is 5.82 Å². The van der Waals surface area contributed by atoms with Gasteiger partial charge in [-0.3, -0.25) is 9.11 Å². The molecule has 3 N–H and O–H groups in total. The quantitative estimate of drug-likeness (QED) is 0.631. The van der Waals surface area contributed by atoms with E-state index in [0.29, 0.717) is 24.5 Å². The van der Waals surface area contributed by atoms with Gasteiger partial charge in [-0.25, -0.2) is 17.4 Å². The Bertz CT molecular complexity index is 779. The molecule has 0 aromatic heterocycles. The van der Waals surface area contributed by atoms with E-state index >= 15 is 0 Å². The zero-order valence-corrected chi connectivity index (χ0v) is 15.0. The molecule has 1 heterocycles. The van der Waals surface area contributed by atoms with Gasteiger partial charge in [0.1, 0.15) is 11.5 Å². The van der Waals surface area contributed by atoms with Crippen LogP contribution in [0.4, 0.5) is 25.8 Å². The Labute approximate surface area is 152 Å². The van der Waals surface area contributed by atoms with Crippen molar-refractivity contribution in [1.82, 2.24) is 5.32 Å². The van der Waals surface area contributed by atoms with Crippen LogP contribution in [0.2, 0.25) is 0 Å². The standard InChI is InChI=1S/C17H21F2N3O3S/c1-20-8-10-25-11-9-21-16-4-2-3-5-17(16)22(26(21,23)24)15-7-6-13(18)12-14(15)19/h2-7,12,20,23-24H,8-11H2,1H3. The predicted molar refractivity (Wildman–Crippen MR) is 99.9 cm³/mol. The van der Waals surface area contributed by atoms with Gasteiger partial charge < -0.3 is 10.1 Å². The van der Waals surface area contributed by atoms with E-state index < -0.39 is 22.6 Å². The first-order valence-corrected chi connectivity index (χ1v) is 9.55. The van der Waals surface area contributed by atoms with Crippen LogP contribution in [0.5, 0.6) is 0 Å². The summed E-state index contributed by atoms with van der Waals surface area (Å²) in [4.78, 5) is 0. The van der Waals surface area contributed by atoms with Gasteiger partial charge in [0.05, 0.1) is 31.1 Å². The fourth-order valence-electron chi connectivity index (χ4n) is 2.78. The molecule has 3 rings (SSSR count). The SMILES string of the molecule is CNCCOCCN1c2ccccc2N(c2ccc(F)cc2F)S1(O)O.